The van der Waals surface area contributed by atoms with Gasteiger partial charge in [0.1, 0.15) is 0 Å². The molecular formula is C72H101N6O13P3S2. The zero-order valence-electron chi connectivity index (χ0n) is 57.0. The molecule has 0 spiro atoms. The summed E-state index contributed by atoms with van der Waals surface area (Å²) in [6, 6.07) is 45.4. The minimum atomic E-state index is -3.57. The third-order valence-electron chi connectivity index (χ3n) is 17.4. The molecule has 5 aliphatic heterocycles. The van der Waals surface area contributed by atoms with Gasteiger partial charge in [-0.25, -0.2) is 34.6 Å². The topological polar surface area (TPSA) is 244 Å². The van der Waals surface area contributed by atoms with Crippen LogP contribution in [0.4, 0.5) is 5.69 Å². The maximum absolute atomic E-state index is 12.8. The Bertz CT molecular complexity index is 3730. The van der Waals surface area contributed by atoms with E-state index in [1.807, 2.05) is 36.4 Å². The van der Waals surface area contributed by atoms with Gasteiger partial charge in [0.15, 0.2) is 5.78 Å². The van der Waals surface area contributed by atoms with Gasteiger partial charge < -0.3 is 15.7 Å². The predicted octanol–water partition coefficient (Wildman–Crippen LogP) is 15.4. The average Bonchev–Trinajstić information content (AvgIpc) is 0.766. The molecule has 0 aromatic heterocycles. The molecule has 3 N–H and O–H groups in total. The third-order valence-corrected chi connectivity index (χ3v) is 30.1. The van der Waals surface area contributed by atoms with Gasteiger partial charge in [-0.3, -0.25) is 28.3 Å². The van der Waals surface area contributed by atoms with Crippen LogP contribution in [0.25, 0.3) is 0 Å². The number of aromatic carboxylic acids is 1. The molecule has 19 nitrogen and oxygen atoms in total. The lowest BCUT2D eigenvalue weighted by molar-refractivity contribution is 0.0696. The Morgan fingerprint density at radius 1 is 0.458 bits per heavy atom. The summed E-state index contributed by atoms with van der Waals surface area (Å²) in [5.41, 5.74) is 16.0. The summed E-state index contributed by atoms with van der Waals surface area (Å²) >= 11 is 0. The van der Waals surface area contributed by atoms with Gasteiger partial charge in [-0.2, -0.15) is 8.61 Å². The molecule has 96 heavy (non-hydrogen) atoms. The molecule has 3 saturated heterocycles. The molecule has 5 heterocycles. The van der Waals surface area contributed by atoms with Crippen LogP contribution < -0.4 is 5.73 Å². The van der Waals surface area contributed by atoms with Gasteiger partial charge in [-0.05, 0) is 165 Å². The van der Waals surface area contributed by atoms with Crippen LogP contribution in [0, 0.1) is 0 Å². The number of hydrogen-bond acceptors (Lipinski definition) is 16. The van der Waals surface area contributed by atoms with E-state index in [2.05, 4.69) is 84.0 Å². The van der Waals surface area contributed by atoms with E-state index in [4.69, 9.17) is 23.8 Å². The monoisotopic (exact) mass is 1410 g/mol. The Labute approximate surface area is 571 Å². The van der Waals surface area contributed by atoms with Gasteiger partial charge in [0.05, 0.1) is 33.8 Å². The van der Waals surface area contributed by atoms with Gasteiger partial charge in [0.25, 0.3) is 0 Å². The van der Waals surface area contributed by atoms with Crippen molar-refractivity contribution >= 4 is 60.3 Å². The van der Waals surface area contributed by atoms with Crippen molar-refractivity contribution < 1.29 is 58.2 Å². The fraction of sp³-hybridized carbons (Fsp3) is 0.472. The molecule has 6 aromatic rings. The normalized spacial score (nSPS) is 20.8. The first kappa shape index (κ1) is 77.9. The van der Waals surface area contributed by atoms with E-state index in [0.717, 1.165) is 102 Å². The Morgan fingerprint density at radius 2 is 0.802 bits per heavy atom. The summed E-state index contributed by atoms with van der Waals surface area (Å²) in [6.45, 7) is 23.7. The number of hydrogen-bond donors (Lipinski definition) is 2. The number of sulfonamides is 2. The van der Waals surface area contributed by atoms with E-state index in [-0.39, 0.29) is 30.7 Å². The molecule has 11 rings (SSSR count). The second kappa shape index (κ2) is 37.6. The number of Topliss-reactive ketones (excluding diaryl/α,β-unsaturated/α-hetero) is 1. The summed E-state index contributed by atoms with van der Waals surface area (Å²) in [6.07, 6.45) is 10.3. The van der Waals surface area contributed by atoms with Crippen LogP contribution in [-0.4, -0.2) is 134 Å². The summed E-state index contributed by atoms with van der Waals surface area (Å²) in [4.78, 5) is 31.5. The van der Waals surface area contributed by atoms with Crippen molar-refractivity contribution in [3.8, 4) is 0 Å². The molecule has 6 aromatic carbocycles. The number of anilines is 1. The number of carbonyl (C=O) groups is 2. The zero-order chi connectivity index (χ0) is 69.4. The molecule has 3 fully saturated rings. The lowest BCUT2D eigenvalue weighted by atomic mass is 9.99. The van der Waals surface area contributed by atoms with E-state index in [1.165, 1.54) is 47.5 Å². The molecular weight excluding hydrogens is 1310 g/mol. The summed E-state index contributed by atoms with van der Waals surface area (Å²) in [7, 11) is -17.5. The number of nitrogens with two attached hydrogens (primary N) is 1. The van der Waals surface area contributed by atoms with Crippen LogP contribution in [0.1, 0.15) is 159 Å². The number of ketones is 1. The Balaban J connectivity index is 0.000000184. The van der Waals surface area contributed by atoms with Crippen molar-refractivity contribution in [1.82, 2.24) is 23.3 Å². The first-order valence-corrected chi connectivity index (χ1v) is 42.1. The highest BCUT2D eigenvalue weighted by molar-refractivity contribution is 7.89. The SMILES string of the molecule is CCCP1(=O)OP(=O)(CCC)OP(=O)(CCC)O1.CCN(CC)CC.Nc1ccc(S(=O)(=O)N2CCCCC2)cc1.O=C(Cc1ccc(S(=O)(=O)N2CCCCC2)cc1)c1ccc(CN2CCc3ccccc3C2)cc1.O=C(O)c1ccc(CN2CCc3ccccc3C2)cc1. The van der Waals surface area contributed by atoms with Crippen LogP contribution in [0.3, 0.4) is 0 Å². The van der Waals surface area contributed by atoms with Gasteiger partial charge in [0, 0.05) is 83.1 Å². The third kappa shape index (κ3) is 23.3. The highest BCUT2D eigenvalue weighted by Gasteiger charge is 2.51. The van der Waals surface area contributed by atoms with Gasteiger partial charge in [0.2, 0.25) is 20.0 Å². The number of benzene rings is 6. The highest BCUT2D eigenvalue weighted by Crippen LogP contribution is 2.82. The smallest absolute Gasteiger partial charge is 0.345 e. The van der Waals surface area contributed by atoms with Gasteiger partial charge in [-0.1, -0.05) is 151 Å². The maximum Gasteiger partial charge on any atom is 0.345 e. The average molecular weight is 1420 g/mol. The molecule has 0 bridgehead atoms. The molecule has 0 amide bonds. The number of piperidine rings is 2. The minimum Gasteiger partial charge on any atom is -0.478 e. The molecule has 0 saturated carbocycles. The lowest BCUT2D eigenvalue weighted by Gasteiger charge is -2.33. The van der Waals surface area contributed by atoms with E-state index in [9.17, 15) is 40.1 Å². The fourth-order valence-electron chi connectivity index (χ4n) is 12.0. The number of carbonyl (C=O) groups excluding carboxylic acids is 1. The van der Waals surface area contributed by atoms with Crippen molar-refractivity contribution in [3.05, 3.63) is 196 Å². The van der Waals surface area contributed by atoms with E-state index in [1.54, 1.807) is 90.0 Å². The number of rotatable bonds is 21. The van der Waals surface area contributed by atoms with Crippen molar-refractivity contribution in [1.29, 1.82) is 0 Å². The maximum atomic E-state index is 12.8. The Morgan fingerprint density at radius 3 is 1.15 bits per heavy atom. The van der Waals surface area contributed by atoms with Crippen LogP contribution in [0.5, 0.6) is 0 Å². The fourth-order valence-corrected chi connectivity index (χ4v) is 24.4. The second-order valence-corrected chi connectivity index (χ2v) is 35.6. The van der Waals surface area contributed by atoms with Crippen LogP contribution in [-0.2, 0) is 92.1 Å². The van der Waals surface area contributed by atoms with Crippen molar-refractivity contribution in [2.24, 2.45) is 0 Å². The van der Waals surface area contributed by atoms with Crippen molar-refractivity contribution in [3.63, 3.8) is 0 Å². The Hall–Kier alpha value is -5.47. The predicted molar refractivity (Wildman–Crippen MR) is 384 cm³/mol. The largest absolute Gasteiger partial charge is 0.478 e. The second-order valence-electron chi connectivity index (χ2n) is 24.8. The zero-order valence-corrected chi connectivity index (χ0v) is 61.3. The summed E-state index contributed by atoms with van der Waals surface area (Å²) in [5.74, 6) is -0.835. The van der Waals surface area contributed by atoms with Crippen molar-refractivity contribution in [2.45, 2.75) is 155 Å². The van der Waals surface area contributed by atoms with Crippen LogP contribution >= 0.6 is 22.8 Å². The van der Waals surface area contributed by atoms with Crippen LogP contribution in [0.15, 0.2) is 155 Å². The molecule has 0 radical (unpaired) electrons. The van der Waals surface area contributed by atoms with Crippen LogP contribution in [0.2, 0.25) is 0 Å². The quantitative estimate of drug-likeness (QED) is 0.0386. The van der Waals surface area contributed by atoms with E-state index < -0.39 is 48.8 Å². The number of nitrogens with zero attached hydrogens (tertiary/aromatic N) is 5. The number of fused-ring (bicyclic) bond motifs is 2. The molecule has 0 atom stereocenters. The standard InChI is InChI=1S/C29H32N2O3S.C17H17NO2.C11H16N2O2S.C9H21O6P3.C6H15N/c32-29(20-23-10-14-28(15-11-23)35(33,34)31-17-4-1-5-18-31)26-12-8-24(9-13-26)21-30-19-16-25-6-2-3-7-27(25)22-30;19-17(20)15-7-5-13(6-8-15)11-18-10-9-14-3-1-2-4-16(14)12-18;12-10-4-6-11(7-5-10)16(14,15)13-8-2-1-3-9-13;1-4-7-16(10)13-17(11,8-5-2)15-18(12,14-16)9-6-3;1-4-7(5-2)6-3/h2-3,6-15H,1,4-5,16-22H2;1-8H,9-12H2,(H,19,20);4-7H,1-3,8-9,12H2;4-9H2,1-3H3;4-6H2,1-3H3. The van der Waals surface area contributed by atoms with E-state index in [0.29, 0.717) is 72.0 Å². The number of carboxylic acid groups (broad SMARTS) is 1. The summed E-state index contributed by atoms with van der Waals surface area (Å²) in [5, 5.41) is 8.90. The molecule has 24 heteroatoms. The number of nitrogen functional groups attached to an aromatic ring is 1. The van der Waals surface area contributed by atoms with Crippen molar-refractivity contribution in [2.75, 3.05) is 83.1 Å². The molecule has 524 valence electrons. The lowest BCUT2D eigenvalue weighted by Crippen LogP contribution is -2.35. The molecule has 0 aliphatic carbocycles. The van der Waals surface area contributed by atoms with Gasteiger partial charge >= 0.3 is 28.8 Å². The summed E-state index contributed by atoms with van der Waals surface area (Å²) < 4.78 is 105. The van der Waals surface area contributed by atoms with E-state index >= 15 is 0 Å². The Kier molecular flexibility index (Phi) is 30.5. The molecule has 0 unspecified atom stereocenters. The molecule has 5 aliphatic rings. The highest BCUT2D eigenvalue weighted by atomic mass is 32.2. The number of carboxylic acids is 1. The first-order valence-electron chi connectivity index (χ1n) is 34.1. The van der Waals surface area contributed by atoms with Gasteiger partial charge in [-0.15, -0.1) is 0 Å². The minimum absolute atomic E-state index is 0.0371. The first-order chi connectivity index (χ1) is 46.0.